The maximum absolute atomic E-state index is 13.1. The maximum atomic E-state index is 13.1. The molecule has 0 saturated heterocycles. The Balaban J connectivity index is 1.73. The number of carbonyl (C=O) groups excluding carboxylic acids is 1. The van der Waals surface area contributed by atoms with Crippen molar-refractivity contribution in [1.82, 2.24) is 20.3 Å². The lowest BCUT2D eigenvalue weighted by Gasteiger charge is -2.38. The number of ether oxygens (including phenoxy) is 1. The van der Waals surface area contributed by atoms with E-state index in [1.165, 1.54) is 35.1 Å². The summed E-state index contributed by atoms with van der Waals surface area (Å²) in [6, 6.07) is 4.13. The number of rotatable bonds is 8. The van der Waals surface area contributed by atoms with Crippen molar-refractivity contribution in [2.45, 2.75) is 37.0 Å². The summed E-state index contributed by atoms with van der Waals surface area (Å²) < 4.78 is 19.4. The molecule has 1 aliphatic heterocycles. The number of aromatic nitrogens is 3. The van der Waals surface area contributed by atoms with Gasteiger partial charge in [-0.15, -0.1) is 5.10 Å². The standard InChI is InChI=1S/C19H21FN4O8/c20-10-3-1-9(2-4-10)11-6-24(23-22-11)7-15(28)21-16-12(26)5-14(19(30)31)32-18(16)17(29)13(27)8-25/h1-6,12-13,16-18,25-27,29H,7-8H2,(H,21,28)(H,30,31)/t12?,13?,16-,17?,18+/m1/s1. The van der Waals surface area contributed by atoms with Gasteiger partial charge in [0.25, 0.3) is 0 Å². The highest BCUT2D eigenvalue weighted by Gasteiger charge is 2.43. The first-order valence-electron chi connectivity index (χ1n) is 9.42. The van der Waals surface area contributed by atoms with E-state index in [0.717, 1.165) is 6.08 Å². The fourth-order valence-corrected chi connectivity index (χ4v) is 3.12. The van der Waals surface area contributed by atoms with Crippen molar-refractivity contribution in [2.24, 2.45) is 0 Å². The second-order valence-corrected chi connectivity index (χ2v) is 7.05. The molecule has 0 fully saturated rings. The van der Waals surface area contributed by atoms with Crippen LogP contribution in [0.5, 0.6) is 0 Å². The quantitative estimate of drug-likeness (QED) is 0.262. The number of benzene rings is 1. The monoisotopic (exact) mass is 452 g/mol. The number of nitrogens with zero attached hydrogens (tertiary/aromatic N) is 3. The number of halogens is 1. The molecule has 2 heterocycles. The van der Waals surface area contributed by atoms with Crippen LogP contribution in [-0.2, 0) is 20.9 Å². The first kappa shape index (κ1) is 23.3. The Kier molecular flexibility index (Phi) is 7.15. The predicted molar refractivity (Wildman–Crippen MR) is 103 cm³/mol. The van der Waals surface area contributed by atoms with Crippen molar-refractivity contribution in [1.29, 1.82) is 0 Å². The number of hydrogen-bond donors (Lipinski definition) is 6. The van der Waals surface area contributed by atoms with Crippen molar-refractivity contribution in [2.75, 3.05) is 6.61 Å². The number of hydrogen-bond acceptors (Lipinski definition) is 9. The number of amides is 1. The van der Waals surface area contributed by atoms with Crippen LogP contribution in [0.2, 0.25) is 0 Å². The molecule has 0 saturated carbocycles. The van der Waals surface area contributed by atoms with E-state index in [1.807, 2.05) is 0 Å². The molecule has 3 rings (SSSR count). The Morgan fingerprint density at radius 3 is 2.56 bits per heavy atom. The van der Waals surface area contributed by atoms with Crippen LogP contribution in [0.25, 0.3) is 11.3 Å². The Bertz CT molecular complexity index is 995. The third kappa shape index (κ3) is 5.26. The van der Waals surface area contributed by atoms with Gasteiger partial charge in [-0.05, 0) is 30.3 Å². The van der Waals surface area contributed by atoms with Crippen LogP contribution in [-0.4, -0.2) is 89.5 Å². The topological polar surface area (TPSA) is 187 Å². The summed E-state index contributed by atoms with van der Waals surface area (Å²) in [6.45, 7) is -1.23. The van der Waals surface area contributed by atoms with Gasteiger partial charge in [0.2, 0.25) is 11.7 Å². The van der Waals surface area contributed by atoms with E-state index in [1.54, 1.807) is 0 Å². The molecule has 0 radical (unpaired) electrons. The SMILES string of the molecule is O=C(Cn1cc(-c2ccc(F)cc2)nn1)N[C@@H]1C(O)C=C(C(=O)O)O[C@@H]1C(O)C(O)CO. The second-order valence-electron chi connectivity index (χ2n) is 7.05. The van der Waals surface area contributed by atoms with E-state index in [4.69, 9.17) is 14.9 Å². The molecule has 0 aliphatic carbocycles. The molecule has 32 heavy (non-hydrogen) atoms. The van der Waals surface area contributed by atoms with Gasteiger partial charge in [-0.3, -0.25) is 4.79 Å². The van der Waals surface area contributed by atoms with E-state index < -0.39 is 60.5 Å². The number of carboxylic acids is 1. The van der Waals surface area contributed by atoms with E-state index in [0.29, 0.717) is 11.3 Å². The summed E-state index contributed by atoms with van der Waals surface area (Å²) in [6.07, 6.45) is -4.41. The largest absolute Gasteiger partial charge is 0.478 e. The molecule has 2 aromatic rings. The average Bonchev–Trinajstić information content (AvgIpc) is 3.22. The minimum Gasteiger partial charge on any atom is -0.478 e. The van der Waals surface area contributed by atoms with Gasteiger partial charge in [0.05, 0.1) is 18.8 Å². The first-order chi connectivity index (χ1) is 15.2. The van der Waals surface area contributed by atoms with Gasteiger partial charge in [0.15, 0.2) is 6.10 Å². The van der Waals surface area contributed by atoms with Gasteiger partial charge in [-0.25, -0.2) is 13.9 Å². The number of aliphatic carboxylic acids is 1. The van der Waals surface area contributed by atoms with E-state index in [2.05, 4.69) is 15.6 Å². The molecule has 0 bridgehead atoms. The Hall–Kier alpha value is -3.39. The molecule has 0 spiro atoms. The van der Waals surface area contributed by atoms with Crippen LogP contribution in [0.15, 0.2) is 42.3 Å². The van der Waals surface area contributed by atoms with Crippen LogP contribution < -0.4 is 5.32 Å². The zero-order chi connectivity index (χ0) is 23.4. The van der Waals surface area contributed by atoms with E-state index in [9.17, 15) is 29.3 Å². The van der Waals surface area contributed by atoms with Crippen molar-refractivity contribution >= 4 is 11.9 Å². The van der Waals surface area contributed by atoms with Gasteiger partial charge in [0, 0.05) is 5.56 Å². The van der Waals surface area contributed by atoms with Crippen LogP contribution in [0.1, 0.15) is 0 Å². The number of aliphatic hydroxyl groups is 4. The van der Waals surface area contributed by atoms with Crippen LogP contribution in [0.4, 0.5) is 4.39 Å². The fourth-order valence-electron chi connectivity index (χ4n) is 3.12. The van der Waals surface area contributed by atoms with E-state index >= 15 is 0 Å². The van der Waals surface area contributed by atoms with Gasteiger partial charge in [-0.2, -0.15) is 0 Å². The Morgan fingerprint density at radius 2 is 1.94 bits per heavy atom. The summed E-state index contributed by atoms with van der Waals surface area (Å²) in [7, 11) is 0. The van der Waals surface area contributed by atoms with Crippen LogP contribution >= 0.6 is 0 Å². The molecular weight excluding hydrogens is 431 g/mol. The molecule has 5 atom stereocenters. The second kappa shape index (κ2) is 9.82. The molecule has 1 amide bonds. The van der Waals surface area contributed by atoms with Crippen molar-refractivity contribution in [3.05, 3.63) is 48.1 Å². The molecular formula is C19H21FN4O8. The summed E-state index contributed by atoms with van der Waals surface area (Å²) in [5.74, 6) is -3.33. The molecule has 1 aromatic heterocycles. The highest BCUT2D eigenvalue weighted by Crippen LogP contribution is 2.23. The third-order valence-electron chi connectivity index (χ3n) is 4.75. The first-order valence-corrected chi connectivity index (χ1v) is 9.42. The summed E-state index contributed by atoms with van der Waals surface area (Å²) >= 11 is 0. The zero-order valence-corrected chi connectivity index (χ0v) is 16.4. The smallest absolute Gasteiger partial charge is 0.370 e. The van der Waals surface area contributed by atoms with Crippen molar-refractivity contribution < 1.29 is 44.2 Å². The molecule has 6 N–H and O–H groups in total. The molecule has 13 heteroatoms. The number of nitrogens with one attached hydrogen (secondary N) is 1. The number of carbonyl (C=O) groups is 2. The van der Waals surface area contributed by atoms with Gasteiger partial charge < -0.3 is 35.6 Å². The van der Waals surface area contributed by atoms with Gasteiger partial charge in [-0.1, -0.05) is 5.21 Å². The normalized spacial score (nSPS) is 22.4. The van der Waals surface area contributed by atoms with Crippen molar-refractivity contribution in [3.63, 3.8) is 0 Å². The van der Waals surface area contributed by atoms with Crippen LogP contribution in [0, 0.1) is 5.82 Å². The Morgan fingerprint density at radius 1 is 1.25 bits per heavy atom. The lowest BCUT2D eigenvalue weighted by molar-refractivity contribution is -0.149. The maximum Gasteiger partial charge on any atom is 0.370 e. The molecule has 1 aromatic carbocycles. The van der Waals surface area contributed by atoms with Crippen LogP contribution in [0.3, 0.4) is 0 Å². The van der Waals surface area contributed by atoms with Crippen molar-refractivity contribution in [3.8, 4) is 11.3 Å². The summed E-state index contributed by atoms with van der Waals surface area (Å²) in [4.78, 5) is 23.7. The minimum absolute atomic E-state index is 0.363. The number of carboxylic acid groups (broad SMARTS) is 1. The zero-order valence-electron chi connectivity index (χ0n) is 16.4. The lowest BCUT2D eigenvalue weighted by atomic mass is 9.94. The molecule has 12 nitrogen and oxygen atoms in total. The Labute approximate surface area is 180 Å². The minimum atomic E-state index is -1.82. The summed E-state index contributed by atoms with van der Waals surface area (Å²) in [5, 5.41) is 58.5. The average molecular weight is 452 g/mol. The van der Waals surface area contributed by atoms with Gasteiger partial charge in [0.1, 0.15) is 36.4 Å². The molecule has 172 valence electrons. The summed E-state index contributed by atoms with van der Waals surface area (Å²) in [5.41, 5.74) is 0.953. The van der Waals surface area contributed by atoms with E-state index in [-0.39, 0.29) is 6.54 Å². The van der Waals surface area contributed by atoms with Gasteiger partial charge >= 0.3 is 5.97 Å². The molecule has 1 aliphatic rings. The molecule has 3 unspecified atom stereocenters. The highest BCUT2D eigenvalue weighted by atomic mass is 19.1. The number of aliphatic hydroxyl groups excluding tert-OH is 4. The predicted octanol–water partition coefficient (Wildman–Crippen LogP) is -1.99. The lowest BCUT2D eigenvalue weighted by Crippen LogP contribution is -2.60. The highest BCUT2D eigenvalue weighted by molar-refractivity contribution is 5.84. The third-order valence-corrected chi connectivity index (χ3v) is 4.75. The fraction of sp³-hybridized carbons (Fsp3) is 0.368.